The van der Waals surface area contributed by atoms with E-state index in [2.05, 4.69) is 6.58 Å². The Hall–Kier alpha value is -0.980. The van der Waals surface area contributed by atoms with Gasteiger partial charge in [-0.05, 0) is 12.1 Å². The first-order valence-corrected chi connectivity index (χ1v) is 2.52. The van der Waals surface area contributed by atoms with Gasteiger partial charge in [0.05, 0.1) is 6.54 Å². The third kappa shape index (κ3) is 0.997. The number of nitrogens with zero attached hydrogens (tertiary/aromatic N) is 1. The van der Waals surface area contributed by atoms with Gasteiger partial charge in [-0.2, -0.15) is 0 Å². The van der Waals surface area contributed by atoms with Gasteiger partial charge in [-0.1, -0.05) is 6.08 Å². The van der Waals surface area contributed by atoms with E-state index in [1.807, 2.05) is 35.6 Å². The van der Waals surface area contributed by atoms with Crippen molar-refractivity contribution >= 4 is 0 Å². The fourth-order valence-electron chi connectivity index (χ4n) is 0.569. The van der Waals surface area contributed by atoms with Crippen LogP contribution in [0.2, 0.25) is 0 Å². The van der Waals surface area contributed by atoms with Gasteiger partial charge in [-0.25, -0.2) is 0 Å². The molecule has 0 aliphatic rings. The molecule has 0 N–H and O–H groups in total. The van der Waals surface area contributed by atoms with Crippen LogP contribution < -0.4 is 0 Å². The van der Waals surface area contributed by atoms with Gasteiger partial charge >= 0.3 is 0 Å². The lowest BCUT2D eigenvalue weighted by molar-refractivity contribution is 1.02. The highest BCUT2D eigenvalue weighted by molar-refractivity contribution is 4.99. The zero-order chi connectivity index (χ0) is 5.82. The summed E-state index contributed by atoms with van der Waals surface area (Å²) < 4.78 is 1.94. The predicted molar refractivity (Wildman–Crippen MR) is 34.3 cm³/mol. The van der Waals surface area contributed by atoms with E-state index in [0.717, 1.165) is 0 Å². The quantitative estimate of drug-likeness (QED) is 0.540. The molecule has 0 aromatic carbocycles. The van der Waals surface area contributed by atoms with Crippen molar-refractivity contribution in [2.24, 2.45) is 0 Å². The molecule has 1 radical (unpaired) electrons. The van der Waals surface area contributed by atoms with Gasteiger partial charge in [-0.15, -0.1) is 6.58 Å². The maximum absolute atomic E-state index is 3.56. The van der Waals surface area contributed by atoms with Gasteiger partial charge in [0.2, 0.25) is 0 Å². The summed E-state index contributed by atoms with van der Waals surface area (Å²) in [7, 11) is 0. The Morgan fingerprint density at radius 3 is 2.38 bits per heavy atom. The minimum atomic E-state index is 1.75. The zero-order valence-electron chi connectivity index (χ0n) is 4.62. The first kappa shape index (κ1) is 5.16. The molecule has 0 unspecified atom stereocenters. The third-order valence-electron chi connectivity index (χ3n) is 0.905. The van der Waals surface area contributed by atoms with E-state index in [0.29, 0.717) is 0 Å². The second-order valence-electron chi connectivity index (χ2n) is 1.52. The largest absolute Gasteiger partial charge is 0.345 e. The molecule has 0 amide bonds. The molecule has 8 heavy (non-hydrogen) atoms. The molecule has 0 saturated carbocycles. The second-order valence-corrected chi connectivity index (χ2v) is 1.52. The van der Waals surface area contributed by atoms with Crippen LogP contribution in [0.15, 0.2) is 37.2 Å². The molecule has 1 aromatic rings. The minimum Gasteiger partial charge on any atom is -0.345 e. The molecule has 1 rings (SSSR count). The molecule has 1 heterocycles. The average Bonchev–Trinajstić information content (AvgIpc) is 2.19. The van der Waals surface area contributed by atoms with Crippen LogP contribution in [0.1, 0.15) is 0 Å². The maximum Gasteiger partial charge on any atom is 0.0751 e. The van der Waals surface area contributed by atoms with E-state index in [-0.39, 0.29) is 0 Å². The van der Waals surface area contributed by atoms with Crippen molar-refractivity contribution < 1.29 is 0 Å². The number of hydrogen-bond donors (Lipinski definition) is 0. The fraction of sp³-hybridized carbons (Fsp3) is 0. The van der Waals surface area contributed by atoms with Gasteiger partial charge < -0.3 is 4.57 Å². The lowest BCUT2D eigenvalue weighted by Crippen LogP contribution is -1.83. The van der Waals surface area contributed by atoms with Crippen molar-refractivity contribution in [1.29, 1.82) is 0 Å². The Kier molecular flexibility index (Phi) is 1.52. The summed E-state index contributed by atoms with van der Waals surface area (Å²) in [5.74, 6) is 0. The molecular weight excluding hydrogens is 98.1 g/mol. The maximum atomic E-state index is 3.56. The smallest absolute Gasteiger partial charge is 0.0751 e. The van der Waals surface area contributed by atoms with Crippen molar-refractivity contribution in [3.63, 3.8) is 0 Å². The van der Waals surface area contributed by atoms with Crippen molar-refractivity contribution in [1.82, 2.24) is 4.57 Å². The molecule has 0 bridgehead atoms. The van der Waals surface area contributed by atoms with E-state index in [4.69, 9.17) is 0 Å². The molecule has 0 fully saturated rings. The van der Waals surface area contributed by atoms with Crippen LogP contribution in [0.3, 0.4) is 0 Å². The van der Waals surface area contributed by atoms with Crippen molar-refractivity contribution in [2.75, 3.05) is 0 Å². The second kappa shape index (κ2) is 2.36. The predicted octanol–water partition coefficient (Wildman–Crippen LogP) is 1.68. The average molecular weight is 106 g/mol. The Morgan fingerprint density at radius 1 is 1.25 bits per heavy atom. The summed E-state index contributed by atoms with van der Waals surface area (Å²) in [5.41, 5.74) is 0. The lowest BCUT2D eigenvalue weighted by atomic mass is 10.6. The van der Waals surface area contributed by atoms with E-state index in [9.17, 15) is 0 Å². The first-order valence-electron chi connectivity index (χ1n) is 2.52. The van der Waals surface area contributed by atoms with Gasteiger partial charge in [0.25, 0.3) is 0 Å². The van der Waals surface area contributed by atoms with Crippen LogP contribution in [-0.2, 0) is 0 Å². The van der Waals surface area contributed by atoms with Crippen molar-refractivity contribution in [2.45, 2.75) is 0 Å². The fourth-order valence-corrected chi connectivity index (χ4v) is 0.569. The molecule has 0 aliphatic heterocycles. The summed E-state index contributed by atoms with van der Waals surface area (Å²) in [5, 5.41) is 0. The molecule has 41 valence electrons. The number of rotatable bonds is 2. The molecule has 1 nitrogen and oxygen atoms in total. The van der Waals surface area contributed by atoms with Crippen LogP contribution in [0.25, 0.3) is 0 Å². The molecule has 0 aliphatic carbocycles. The molecule has 0 saturated heterocycles. The van der Waals surface area contributed by atoms with Crippen LogP contribution in [-0.4, -0.2) is 4.57 Å². The summed E-state index contributed by atoms with van der Waals surface area (Å²) >= 11 is 0. The van der Waals surface area contributed by atoms with Crippen molar-refractivity contribution in [3.8, 4) is 0 Å². The molecule has 0 spiro atoms. The van der Waals surface area contributed by atoms with Crippen LogP contribution in [0.4, 0.5) is 0 Å². The van der Waals surface area contributed by atoms with Gasteiger partial charge in [0, 0.05) is 12.4 Å². The monoisotopic (exact) mass is 106 g/mol. The highest BCUT2D eigenvalue weighted by Gasteiger charge is 1.79. The summed E-state index contributed by atoms with van der Waals surface area (Å²) in [6, 6.07) is 3.94. The van der Waals surface area contributed by atoms with Gasteiger partial charge in [-0.3, -0.25) is 0 Å². The van der Waals surface area contributed by atoms with Crippen LogP contribution in [0.5, 0.6) is 0 Å². The Morgan fingerprint density at radius 2 is 1.88 bits per heavy atom. The number of allylic oxidation sites excluding steroid dienone is 1. The Balaban J connectivity index is 2.62. The SMILES string of the molecule is C=C[CH]n1cccc1. The standard InChI is InChI=1S/C7H8N/c1-2-5-8-6-3-4-7-8/h2-7H,1H2. The Labute approximate surface area is 49.3 Å². The highest BCUT2D eigenvalue weighted by atomic mass is 14.9. The normalized spacial score (nSPS) is 9.00. The highest BCUT2D eigenvalue weighted by Crippen LogP contribution is 1.90. The summed E-state index contributed by atoms with van der Waals surface area (Å²) in [4.78, 5) is 0. The molecule has 1 aromatic heterocycles. The minimum absolute atomic E-state index is 1.75. The third-order valence-corrected chi connectivity index (χ3v) is 0.905. The molecular formula is C7H8N. The summed E-state index contributed by atoms with van der Waals surface area (Å²) in [6.07, 6.45) is 5.67. The van der Waals surface area contributed by atoms with Crippen LogP contribution in [0, 0.1) is 6.54 Å². The molecule has 0 atom stereocenters. The van der Waals surface area contributed by atoms with Gasteiger partial charge in [0.1, 0.15) is 0 Å². The molecule has 1 heteroatoms. The van der Waals surface area contributed by atoms with E-state index in [1.165, 1.54) is 0 Å². The van der Waals surface area contributed by atoms with E-state index in [1.54, 1.807) is 6.08 Å². The van der Waals surface area contributed by atoms with Crippen molar-refractivity contribution in [3.05, 3.63) is 43.7 Å². The first-order chi connectivity index (χ1) is 3.93. The van der Waals surface area contributed by atoms with Crippen LogP contribution >= 0.6 is 0 Å². The van der Waals surface area contributed by atoms with Gasteiger partial charge in [0.15, 0.2) is 0 Å². The van der Waals surface area contributed by atoms with E-state index < -0.39 is 0 Å². The summed E-state index contributed by atoms with van der Waals surface area (Å²) in [6.45, 7) is 5.45. The topological polar surface area (TPSA) is 4.93 Å². The van der Waals surface area contributed by atoms with E-state index >= 15 is 0 Å². The lowest BCUT2D eigenvalue weighted by Gasteiger charge is -1.90. The zero-order valence-corrected chi connectivity index (χ0v) is 4.62. The Bertz CT molecular complexity index is 151. The number of hydrogen-bond acceptors (Lipinski definition) is 0. The number of aromatic nitrogens is 1.